The third-order valence-electron chi connectivity index (χ3n) is 2.72. The number of ether oxygens (including phenoxy) is 2. The third-order valence-corrected chi connectivity index (χ3v) is 2.72. The molecule has 0 heterocycles. The summed E-state index contributed by atoms with van der Waals surface area (Å²) in [6, 6.07) is 5.23. The van der Waals surface area contributed by atoms with E-state index in [9.17, 15) is 4.79 Å². The summed E-state index contributed by atoms with van der Waals surface area (Å²) in [5.74, 6) is 1.76. The van der Waals surface area contributed by atoms with Gasteiger partial charge >= 0.3 is 0 Å². The second kappa shape index (κ2) is 7.67. The lowest BCUT2D eigenvalue weighted by molar-refractivity contribution is 0.0955. The van der Waals surface area contributed by atoms with Crippen molar-refractivity contribution in [2.24, 2.45) is 5.92 Å². The van der Waals surface area contributed by atoms with Crippen LogP contribution >= 0.6 is 0 Å². The molecule has 0 fully saturated rings. The minimum atomic E-state index is -0.102. The Hall–Kier alpha value is -1.71. The monoisotopic (exact) mass is 265 g/mol. The standard InChI is InChI=1S/C15H23NO3/c1-5-16-15(17)12-6-7-13(14(10-12)18-4)19-9-8-11(2)3/h6-7,10-11H,5,8-9H2,1-4H3,(H,16,17). The third kappa shape index (κ3) is 4.81. The molecule has 1 amide bonds. The minimum Gasteiger partial charge on any atom is -0.493 e. The lowest BCUT2D eigenvalue weighted by Crippen LogP contribution is -2.22. The first-order chi connectivity index (χ1) is 9.08. The fraction of sp³-hybridized carbons (Fsp3) is 0.533. The van der Waals surface area contributed by atoms with Crippen LogP contribution in [-0.4, -0.2) is 26.2 Å². The van der Waals surface area contributed by atoms with E-state index in [0.717, 1.165) is 6.42 Å². The van der Waals surface area contributed by atoms with E-state index in [1.54, 1.807) is 25.3 Å². The highest BCUT2D eigenvalue weighted by Crippen LogP contribution is 2.28. The van der Waals surface area contributed by atoms with Crippen molar-refractivity contribution >= 4 is 5.91 Å². The Bertz CT molecular complexity index is 416. The molecule has 0 atom stereocenters. The lowest BCUT2D eigenvalue weighted by atomic mass is 10.1. The molecule has 4 heteroatoms. The summed E-state index contributed by atoms with van der Waals surface area (Å²) >= 11 is 0. The van der Waals surface area contributed by atoms with Crippen LogP contribution in [0.15, 0.2) is 18.2 Å². The lowest BCUT2D eigenvalue weighted by Gasteiger charge is -2.13. The van der Waals surface area contributed by atoms with Crippen molar-refractivity contribution in [2.45, 2.75) is 27.2 Å². The molecule has 1 aromatic rings. The molecule has 1 aromatic carbocycles. The van der Waals surface area contributed by atoms with Gasteiger partial charge in [-0.3, -0.25) is 4.79 Å². The Labute approximate surface area is 115 Å². The first-order valence-electron chi connectivity index (χ1n) is 6.67. The average molecular weight is 265 g/mol. The van der Waals surface area contributed by atoms with Crippen LogP contribution in [0.25, 0.3) is 0 Å². The fourth-order valence-corrected chi connectivity index (χ4v) is 1.60. The molecule has 4 nitrogen and oxygen atoms in total. The van der Waals surface area contributed by atoms with Crippen molar-refractivity contribution in [1.82, 2.24) is 5.32 Å². The molecular weight excluding hydrogens is 242 g/mol. The number of methoxy groups -OCH3 is 1. The van der Waals surface area contributed by atoms with E-state index in [2.05, 4.69) is 19.2 Å². The van der Waals surface area contributed by atoms with E-state index < -0.39 is 0 Å². The predicted octanol–water partition coefficient (Wildman–Crippen LogP) is 2.87. The van der Waals surface area contributed by atoms with Crippen LogP contribution in [0.2, 0.25) is 0 Å². The van der Waals surface area contributed by atoms with Crippen molar-refractivity contribution in [3.8, 4) is 11.5 Å². The summed E-state index contributed by atoms with van der Waals surface area (Å²) in [5.41, 5.74) is 0.579. The molecule has 0 spiro atoms. The van der Waals surface area contributed by atoms with Crippen LogP contribution in [0.1, 0.15) is 37.6 Å². The molecule has 0 radical (unpaired) electrons. The molecule has 0 saturated heterocycles. The minimum absolute atomic E-state index is 0.102. The summed E-state index contributed by atoms with van der Waals surface area (Å²) in [4.78, 5) is 11.7. The second-order valence-electron chi connectivity index (χ2n) is 4.76. The van der Waals surface area contributed by atoms with Gasteiger partial charge in [0.05, 0.1) is 13.7 Å². The molecule has 0 aromatic heterocycles. The van der Waals surface area contributed by atoms with Gasteiger partial charge in [-0.2, -0.15) is 0 Å². The fourth-order valence-electron chi connectivity index (χ4n) is 1.60. The maximum Gasteiger partial charge on any atom is 0.251 e. The van der Waals surface area contributed by atoms with Crippen LogP contribution in [0.4, 0.5) is 0 Å². The number of benzene rings is 1. The quantitative estimate of drug-likeness (QED) is 0.824. The Morgan fingerprint density at radius 3 is 2.63 bits per heavy atom. The van der Waals surface area contributed by atoms with E-state index in [-0.39, 0.29) is 5.91 Å². The summed E-state index contributed by atoms with van der Waals surface area (Å²) in [5, 5.41) is 2.76. The Kier molecular flexibility index (Phi) is 6.19. The van der Waals surface area contributed by atoms with Gasteiger partial charge in [-0.05, 0) is 37.5 Å². The van der Waals surface area contributed by atoms with Crippen molar-refractivity contribution < 1.29 is 14.3 Å². The van der Waals surface area contributed by atoms with Gasteiger partial charge in [0.25, 0.3) is 5.91 Å². The summed E-state index contributed by atoms with van der Waals surface area (Å²) in [6.45, 7) is 7.44. The van der Waals surface area contributed by atoms with E-state index >= 15 is 0 Å². The van der Waals surface area contributed by atoms with Gasteiger partial charge in [0.1, 0.15) is 0 Å². The van der Waals surface area contributed by atoms with Crippen LogP contribution in [0.5, 0.6) is 11.5 Å². The first kappa shape index (κ1) is 15.3. The van der Waals surface area contributed by atoms with Crippen LogP contribution < -0.4 is 14.8 Å². The van der Waals surface area contributed by atoms with Gasteiger partial charge in [-0.1, -0.05) is 13.8 Å². The van der Waals surface area contributed by atoms with Crippen LogP contribution in [0, 0.1) is 5.92 Å². The number of carbonyl (C=O) groups excluding carboxylic acids is 1. The molecule has 1 rings (SSSR count). The summed E-state index contributed by atoms with van der Waals surface area (Å²) in [6.07, 6.45) is 0.987. The molecule has 19 heavy (non-hydrogen) atoms. The number of hydrogen-bond donors (Lipinski definition) is 1. The van der Waals surface area contributed by atoms with Crippen LogP contribution in [0.3, 0.4) is 0 Å². The van der Waals surface area contributed by atoms with Gasteiger partial charge in [0, 0.05) is 12.1 Å². The molecule has 0 saturated carbocycles. The number of amides is 1. The maximum atomic E-state index is 11.7. The smallest absolute Gasteiger partial charge is 0.251 e. The van der Waals surface area contributed by atoms with E-state index in [0.29, 0.717) is 36.1 Å². The Morgan fingerprint density at radius 2 is 2.05 bits per heavy atom. The van der Waals surface area contributed by atoms with E-state index in [1.807, 2.05) is 6.92 Å². The van der Waals surface area contributed by atoms with Gasteiger partial charge in [-0.25, -0.2) is 0 Å². The normalized spacial score (nSPS) is 10.4. The molecule has 0 aliphatic heterocycles. The SMILES string of the molecule is CCNC(=O)c1ccc(OCCC(C)C)c(OC)c1. The average Bonchev–Trinajstić information content (AvgIpc) is 2.38. The largest absolute Gasteiger partial charge is 0.493 e. The van der Waals surface area contributed by atoms with Crippen molar-refractivity contribution in [1.29, 1.82) is 0 Å². The highest BCUT2D eigenvalue weighted by molar-refractivity contribution is 5.94. The maximum absolute atomic E-state index is 11.7. The summed E-state index contributed by atoms with van der Waals surface area (Å²) in [7, 11) is 1.58. The predicted molar refractivity (Wildman–Crippen MR) is 76.0 cm³/mol. The van der Waals surface area contributed by atoms with E-state index in [4.69, 9.17) is 9.47 Å². The summed E-state index contributed by atoms with van der Waals surface area (Å²) < 4.78 is 10.9. The molecule has 0 aliphatic carbocycles. The molecule has 106 valence electrons. The molecule has 0 unspecified atom stereocenters. The first-order valence-corrected chi connectivity index (χ1v) is 6.67. The number of nitrogens with one attached hydrogen (secondary N) is 1. The zero-order valence-electron chi connectivity index (χ0n) is 12.2. The van der Waals surface area contributed by atoms with Gasteiger partial charge in [-0.15, -0.1) is 0 Å². The van der Waals surface area contributed by atoms with Gasteiger partial charge in [0.2, 0.25) is 0 Å². The molecular formula is C15H23NO3. The van der Waals surface area contributed by atoms with Crippen molar-refractivity contribution in [3.63, 3.8) is 0 Å². The second-order valence-corrected chi connectivity index (χ2v) is 4.76. The molecule has 1 N–H and O–H groups in total. The van der Waals surface area contributed by atoms with Crippen molar-refractivity contribution in [3.05, 3.63) is 23.8 Å². The van der Waals surface area contributed by atoms with Gasteiger partial charge in [0.15, 0.2) is 11.5 Å². The Morgan fingerprint density at radius 1 is 1.32 bits per heavy atom. The number of rotatable bonds is 7. The number of hydrogen-bond acceptors (Lipinski definition) is 3. The van der Waals surface area contributed by atoms with Gasteiger partial charge < -0.3 is 14.8 Å². The van der Waals surface area contributed by atoms with E-state index in [1.165, 1.54) is 0 Å². The molecule has 0 bridgehead atoms. The van der Waals surface area contributed by atoms with Crippen LogP contribution in [-0.2, 0) is 0 Å². The number of carbonyl (C=O) groups is 1. The molecule has 0 aliphatic rings. The Balaban J connectivity index is 2.75. The van der Waals surface area contributed by atoms with Crippen molar-refractivity contribution in [2.75, 3.05) is 20.3 Å². The zero-order chi connectivity index (χ0) is 14.3. The highest BCUT2D eigenvalue weighted by Gasteiger charge is 2.10. The highest BCUT2D eigenvalue weighted by atomic mass is 16.5. The topological polar surface area (TPSA) is 47.6 Å². The zero-order valence-corrected chi connectivity index (χ0v) is 12.2.